The largest absolute Gasteiger partial charge is 0.478 e. The van der Waals surface area contributed by atoms with Crippen molar-refractivity contribution in [1.82, 2.24) is 4.98 Å². The third-order valence-corrected chi connectivity index (χ3v) is 3.16. The molecular weight excluding hydrogens is 250 g/mol. The Balaban J connectivity index is 2.62. The van der Waals surface area contributed by atoms with Crippen molar-refractivity contribution in [1.29, 1.82) is 0 Å². The van der Waals surface area contributed by atoms with Gasteiger partial charge in [-0.1, -0.05) is 31.0 Å². The van der Waals surface area contributed by atoms with Crippen LogP contribution < -0.4 is 0 Å². The number of aromatic nitrogens is 1. The van der Waals surface area contributed by atoms with E-state index in [4.69, 9.17) is 11.6 Å². The Morgan fingerprint density at radius 2 is 2.22 bits per heavy atom. The Hall–Kier alpha value is -1.61. The highest BCUT2D eigenvalue weighted by Gasteiger charge is 2.15. The average Bonchev–Trinajstić information content (AvgIpc) is 2.35. The van der Waals surface area contributed by atoms with E-state index in [0.717, 1.165) is 24.8 Å². The summed E-state index contributed by atoms with van der Waals surface area (Å²) in [5.41, 5.74) is 1.77. The molecule has 0 atom stereocenters. The molecule has 0 bridgehead atoms. The molecule has 0 aliphatic carbocycles. The van der Waals surface area contributed by atoms with E-state index in [9.17, 15) is 9.90 Å². The number of halogens is 1. The second-order valence-corrected chi connectivity index (χ2v) is 4.67. The quantitative estimate of drug-likeness (QED) is 0.909. The summed E-state index contributed by atoms with van der Waals surface area (Å²) in [6.07, 6.45) is 4.38. The molecule has 0 radical (unpaired) electrons. The van der Waals surface area contributed by atoms with Crippen molar-refractivity contribution in [2.75, 3.05) is 0 Å². The zero-order valence-electron chi connectivity index (χ0n) is 10.1. The number of fused-ring (bicyclic) bond motifs is 1. The summed E-state index contributed by atoms with van der Waals surface area (Å²) in [5.74, 6) is -0.907. The van der Waals surface area contributed by atoms with E-state index >= 15 is 0 Å². The first-order valence-corrected chi connectivity index (χ1v) is 6.31. The number of carbonyl (C=O) groups is 1. The van der Waals surface area contributed by atoms with Crippen molar-refractivity contribution in [2.45, 2.75) is 26.2 Å². The van der Waals surface area contributed by atoms with Gasteiger partial charge in [0.1, 0.15) is 0 Å². The Kier molecular flexibility index (Phi) is 3.82. The van der Waals surface area contributed by atoms with Gasteiger partial charge < -0.3 is 5.11 Å². The fourth-order valence-corrected chi connectivity index (χ4v) is 2.18. The van der Waals surface area contributed by atoms with E-state index in [2.05, 4.69) is 11.9 Å². The van der Waals surface area contributed by atoms with Crippen LogP contribution in [0.25, 0.3) is 10.9 Å². The van der Waals surface area contributed by atoms with Gasteiger partial charge >= 0.3 is 5.97 Å². The van der Waals surface area contributed by atoms with Gasteiger partial charge in [0.2, 0.25) is 0 Å². The van der Waals surface area contributed by atoms with Crippen LogP contribution in [0.5, 0.6) is 0 Å². The molecule has 0 aliphatic rings. The number of aromatic carboxylic acids is 1. The topological polar surface area (TPSA) is 50.2 Å². The van der Waals surface area contributed by atoms with E-state index in [0.29, 0.717) is 21.5 Å². The van der Waals surface area contributed by atoms with Crippen LogP contribution in [0.1, 0.15) is 35.7 Å². The highest BCUT2D eigenvalue weighted by atomic mass is 35.5. The van der Waals surface area contributed by atoms with Gasteiger partial charge in [-0.3, -0.25) is 4.98 Å². The molecule has 0 spiro atoms. The van der Waals surface area contributed by atoms with E-state index in [-0.39, 0.29) is 0 Å². The summed E-state index contributed by atoms with van der Waals surface area (Å²) in [4.78, 5) is 15.7. The monoisotopic (exact) mass is 263 g/mol. The van der Waals surface area contributed by atoms with Crippen LogP contribution in [0.3, 0.4) is 0 Å². The van der Waals surface area contributed by atoms with Gasteiger partial charge in [-0.2, -0.15) is 0 Å². The number of carboxylic acids is 1. The molecule has 2 rings (SSSR count). The molecule has 1 aromatic carbocycles. The minimum absolute atomic E-state index is 0.352. The van der Waals surface area contributed by atoms with Crippen molar-refractivity contribution in [3.05, 3.63) is 40.5 Å². The Bertz CT molecular complexity index is 596. The highest BCUT2D eigenvalue weighted by Crippen LogP contribution is 2.24. The van der Waals surface area contributed by atoms with Gasteiger partial charge in [-0.05, 0) is 30.5 Å². The van der Waals surface area contributed by atoms with Crippen LogP contribution in [-0.2, 0) is 6.42 Å². The maximum atomic E-state index is 11.4. The Labute approximate surface area is 110 Å². The first-order chi connectivity index (χ1) is 8.63. The SMILES string of the molecule is CCCCc1cnc2cc(Cl)ccc2c1C(=O)O. The lowest BCUT2D eigenvalue weighted by Crippen LogP contribution is -2.05. The van der Waals surface area contributed by atoms with Crippen LogP contribution in [0.4, 0.5) is 0 Å². The van der Waals surface area contributed by atoms with Gasteiger partial charge in [0.15, 0.2) is 0 Å². The molecule has 0 saturated heterocycles. The number of unbranched alkanes of at least 4 members (excludes halogenated alkanes) is 1. The summed E-state index contributed by atoms with van der Waals surface area (Å²) in [7, 11) is 0. The summed E-state index contributed by atoms with van der Waals surface area (Å²) < 4.78 is 0. The van der Waals surface area contributed by atoms with E-state index in [1.807, 2.05) is 0 Å². The molecule has 0 saturated carbocycles. The van der Waals surface area contributed by atoms with Crippen LogP contribution in [-0.4, -0.2) is 16.1 Å². The van der Waals surface area contributed by atoms with Crippen LogP contribution in [0.15, 0.2) is 24.4 Å². The third kappa shape index (κ3) is 2.46. The van der Waals surface area contributed by atoms with Crippen molar-refractivity contribution in [3.8, 4) is 0 Å². The van der Waals surface area contributed by atoms with Crippen LogP contribution in [0, 0.1) is 0 Å². The molecule has 0 unspecified atom stereocenters. The predicted molar refractivity (Wildman–Crippen MR) is 72.3 cm³/mol. The van der Waals surface area contributed by atoms with Gasteiger partial charge in [0.25, 0.3) is 0 Å². The smallest absolute Gasteiger partial charge is 0.336 e. The normalized spacial score (nSPS) is 10.8. The Morgan fingerprint density at radius 3 is 2.89 bits per heavy atom. The summed E-state index contributed by atoms with van der Waals surface area (Å²) in [6.45, 7) is 2.08. The number of pyridine rings is 1. The zero-order chi connectivity index (χ0) is 13.1. The van der Waals surface area contributed by atoms with Gasteiger partial charge in [-0.25, -0.2) is 4.79 Å². The number of carboxylic acid groups (broad SMARTS) is 1. The third-order valence-electron chi connectivity index (χ3n) is 2.92. The lowest BCUT2D eigenvalue weighted by Gasteiger charge is -2.08. The van der Waals surface area contributed by atoms with E-state index in [1.54, 1.807) is 24.4 Å². The molecule has 18 heavy (non-hydrogen) atoms. The number of hydrogen-bond acceptors (Lipinski definition) is 2. The number of aryl methyl sites for hydroxylation is 1. The van der Waals surface area contributed by atoms with Crippen molar-refractivity contribution >= 4 is 28.5 Å². The molecular formula is C14H14ClNO2. The Morgan fingerprint density at radius 1 is 1.44 bits per heavy atom. The molecule has 1 heterocycles. The first-order valence-electron chi connectivity index (χ1n) is 5.94. The minimum atomic E-state index is -0.907. The van der Waals surface area contributed by atoms with Crippen LogP contribution in [0.2, 0.25) is 5.02 Å². The fraction of sp³-hybridized carbons (Fsp3) is 0.286. The molecule has 1 N–H and O–H groups in total. The number of hydrogen-bond donors (Lipinski definition) is 1. The molecule has 0 aliphatic heterocycles. The second kappa shape index (κ2) is 5.36. The molecule has 94 valence electrons. The van der Waals surface area contributed by atoms with Gasteiger partial charge in [0.05, 0.1) is 11.1 Å². The average molecular weight is 264 g/mol. The van der Waals surface area contributed by atoms with Crippen molar-refractivity contribution in [2.24, 2.45) is 0 Å². The van der Waals surface area contributed by atoms with Gasteiger partial charge in [-0.15, -0.1) is 0 Å². The molecule has 0 fully saturated rings. The van der Waals surface area contributed by atoms with Crippen molar-refractivity contribution < 1.29 is 9.90 Å². The number of nitrogens with zero attached hydrogens (tertiary/aromatic N) is 1. The van der Waals surface area contributed by atoms with E-state index < -0.39 is 5.97 Å². The molecule has 4 heteroatoms. The maximum absolute atomic E-state index is 11.4. The second-order valence-electron chi connectivity index (χ2n) is 4.23. The predicted octanol–water partition coefficient (Wildman–Crippen LogP) is 3.93. The summed E-state index contributed by atoms with van der Waals surface area (Å²) >= 11 is 5.89. The fourth-order valence-electron chi connectivity index (χ4n) is 2.02. The minimum Gasteiger partial charge on any atom is -0.478 e. The van der Waals surface area contributed by atoms with Crippen LogP contribution >= 0.6 is 11.6 Å². The molecule has 3 nitrogen and oxygen atoms in total. The molecule has 1 aromatic heterocycles. The highest BCUT2D eigenvalue weighted by molar-refractivity contribution is 6.31. The summed E-state index contributed by atoms with van der Waals surface area (Å²) in [6, 6.07) is 5.11. The number of benzene rings is 1. The zero-order valence-corrected chi connectivity index (χ0v) is 10.9. The molecule has 2 aromatic rings. The van der Waals surface area contributed by atoms with Gasteiger partial charge in [0, 0.05) is 16.6 Å². The molecule has 0 amide bonds. The standard InChI is InChI=1S/C14H14ClNO2/c1-2-3-4-9-8-16-12-7-10(15)5-6-11(12)13(9)14(17)18/h5-8H,2-4H2,1H3,(H,17,18). The van der Waals surface area contributed by atoms with Crippen molar-refractivity contribution in [3.63, 3.8) is 0 Å². The lowest BCUT2D eigenvalue weighted by atomic mass is 10.00. The maximum Gasteiger partial charge on any atom is 0.336 e. The lowest BCUT2D eigenvalue weighted by molar-refractivity contribution is 0.0697. The first kappa shape index (κ1) is 12.8. The summed E-state index contributed by atoms with van der Waals surface area (Å²) in [5, 5.41) is 10.6. The van der Waals surface area contributed by atoms with E-state index in [1.165, 1.54) is 0 Å². The number of rotatable bonds is 4.